The Morgan fingerprint density at radius 2 is 0.840 bits per heavy atom. The highest BCUT2D eigenvalue weighted by atomic mass is 16.5. The Hall–Kier alpha value is -2.67. The van der Waals surface area contributed by atoms with Crippen LogP contribution in [0.15, 0.2) is 48.6 Å². The Bertz CT molecular complexity index is 862. The molecule has 0 heterocycles. The zero-order chi connectivity index (χ0) is 36.8. The molecule has 0 spiro atoms. The molecule has 0 aliphatic carbocycles. The van der Waals surface area contributed by atoms with Crippen LogP contribution in [0.2, 0.25) is 0 Å². The number of rotatable bonds is 37. The van der Waals surface area contributed by atoms with Gasteiger partial charge in [0.2, 0.25) is 0 Å². The fraction of sp³-hybridized carbons (Fsp3) is 0.744. The maximum absolute atomic E-state index is 12.5. The lowest BCUT2D eigenvalue weighted by Crippen LogP contribution is -2.20. The number of carboxylic acids is 2. The summed E-state index contributed by atoms with van der Waals surface area (Å²) < 4.78 is 5.97. The van der Waals surface area contributed by atoms with E-state index in [1.54, 1.807) is 0 Å². The van der Waals surface area contributed by atoms with Gasteiger partial charge in [0.15, 0.2) is 0 Å². The summed E-state index contributed by atoms with van der Waals surface area (Å²) in [4.78, 5) is 35.7. The fourth-order valence-electron chi connectivity index (χ4n) is 5.82. The summed E-state index contributed by atoms with van der Waals surface area (Å²) in [6.45, 7) is 0.911. The molecule has 0 aromatic rings. The predicted octanol–water partition coefficient (Wildman–Crippen LogP) is 11.8. The molecule has 288 valence electrons. The van der Waals surface area contributed by atoms with Crippen molar-refractivity contribution in [3.63, 3.8) is 0 Å². The number of carbonyl (C=O) groups excluding carboxylic acids is 1. The number of nitrogens with zero attached hydrogens (tertiary/aromatic N) is 1. The van der Waals surface area contributed by atoms with E-state index in [0.717, 1.165) is 103 Å². The van der Waals surface area contributed by atoms with Gasteiger partial charge >= 0.3 is 17.9 Å². The summed E-state index contributed by atoms with van der Waals surface area (Å²) in [6, 6.07) is 0. The Kier molecular flexibility index (Phi) is 35.6. The van der Waals surface area contributed by atoms with E-state index in [-0.39, 0.29) is 24.9 Å². The highest BCUT2D eigenvalue weighted by Gasteiger charge is 2.14. The van der Waals surface area contributed by atoms with Crippen LogP contribution in [-0.2, 0) is 19.1 Å². The second kappa shape index (κ2) is 37.6. The van der Waals surface area contributed by atoms with E-state index >= 15 is 0 Å². The minimum Gasteiger partial charge on any atom is -0.481 e. The lowest BCUT2D eigenvalue weighted by Gasteiger charge is -2.18. The second-order valence-corrected chi connectivity index (χ2v) is 14.1. The average molecular weight is 702 g/mol. The topological polar surface area (TPSA) is 104 Å². The first-order valence-electron chi connectivity index (χ1n) is 20.2. The van der Waals surface area contributed by atoms with Crippen molar-refractivity contribution in [2.75, 3.05) is 20.6 Å². The molecule has 0 aromatic heterocycles. The molecule has 0 saturated carbocycles. The number of unbranched alkanes of at least 4 members (excludes halogenated alkanes) is 16. The normalized spacial score (nSPS) is 12.2. The molecule has 50 heavy (non-hydrogen) atoms. The number of esters is 1. The molecule has 0 fully saturated rings. The standard InChI is InChI=1S/C43H75NO6/c1-44(2)39-33-38-43(49)50-40(34-29-25-21-17-13-9-5-3-7-11-15-19-23-27-31-36-41(45)46)35-30-26-22-18-14-10-6-4-8-12-16-20-24-28-32-37-42(47)48/h3-4,7-8,15-16,19-20,40H,5-6,9-14,17-18,21-39H2,1-2H3,(H,45,46)(H,47,48)/b7-3-,8-4-,19-15-,20-16-. The quantitative estimate of drug-likeness (QED) is 0.0377. The van der Waals surface area contributed by atoms with Crippen LogP contribution >= 0.6 is 0 Å². The summed E-state index contributed by atoms with van der Waals surface area (Å²) in [5.41, 5.74) is 0. The zero-order valence-electron chi connectivity index (χ0n) is 32.2. The van der Waals surface area contributed by atoms with Crippen LogP contribution < -0.4 is 0 Å². The van der Waals surface area contributed by atoms with Crippen molar-refractivity contribution in [2.45, 2.75) is 186 Å². The van der Waals surface area contributed by atoms with Crippen LogP contribution in [-0.4, -0.2) is 59.8 Å². The molecule has 7 nitrogen and oxygen atoms in total. The van der Waals surface area contributed by atoms with E-state index in [1.807, 2.05) is 14.1 Å². The van der Waals surface area contributed by atoms with Gasteiger partial charge in [0, 0.05) is 19.3 Å². The number of hydrogen-bond acceptors (Lipinski definition) is 5. The van der Waals surface area contributed by atoms with Crippen LogP contribution in [0.1, 0.15) is 180 Å². The third kappa shape index (κ3) is 39.8. The SMILES string of the molecule is CN(C)CCCC(=O)OC(CCCCCCCC/C=C\C/C=C\CCCCC(=O)O)CCCCCCCC/C=C\C/C=C\CCCCC(=O)O. The number of ether oxygens (including phenoxy) is 1. The van der Waals surface area contributed by atoms with Crippen molar-refractivity contribution >= 4 is 17.9 Å². The van der Waals surface area contributed by atoms with Gasteiger partial charge in [0.1, 0.15) is 6.10 Å². The predicted molar refractivity (Wildman–Crippen MR) is 210 cm³/mol. The van der Waals surface area contributed by atoms with Crippen molar-refractivity contribution < 1.29 is 29.3 Å². The van der Waals surface area contributed by atoms with Gasteiger partial charge in [-0.1, -0.05) is 100.0 Å². The van der Waals surface area contributed by atoms with Crippen molar-refractivity contribution in [1.29, 1.82) is 0 Å². The monoisotopic (exact) mass is 702 g/mol. The summed E-state index contributed by atoms with van der Waals surface area (Å²) >= 11 is 0. The molecule has 0 aliphatic heterocycles. The van der Waals surface area contributed by atoms with Gasteiger partial charge in [-0.05, 0) is 130 Å². The van der Waals surface area contributed by atoms with Crippen LogP contribution in [0.3, 0.4) is 0 Å². The van der Waals surface area contributed by atoms with E-state index in [9.17, 15) is 14.4 Å². The van der Waals surface area contributed by atoms with Crippen molar-refractivity contribution in [1.82, 2.24) is 4.90 Å². The number of carbonyl (C=O) groups is 3. The minimum absolute atomic E-state index is 0.0320. The van der Waals surface area contributed by atoms with E-state index in [2.05, 4.69) is 53.5 Å². The summed E-state index contributed by atoms with van der Waals surface area (Å²) in [7, 11) is 4.07. The third-order valence-electron chi connectivity index (χ3n) is 8.81. The molecule has 2 N–H and O–H groups in total. The maximum Gasteiger partial charge on any atom is 0.306 e. The summed E-state index contributed by atoms with van der Waals surface area (Å²) in [5, 5.41) is 17.3. The molecule has 7 heteroatoms. The van der Waals surface area contributed by atoms with E-state index in [1.165, 1.54) is 64.2 Å². The Morgan fingerprint density at radius 1 is 0.480 bits per heavy atom. The van der Waals surface area contributed by atoms with E-state index < -0.39 is 11.9 Å². The molecule has 0 rings (SSSR count). The Labute approximate surface area is 306 Å². The van der Waals surface area contributed by atoms with Gasteiger partial charge in [0.05, 0.1) is 0 Å². The van der Waals surface area contributed by atoms with E-state index in [4.69, 9.17) is 14.9 Å². The first-order valence-corrected chi connectivity index (χ1v) is 20.2. The van der Waals surface area contributed by atoms with Gasteiger partial charge < -0.3 is 19.8 Å². The number of aliphatic carboxylic acids is 2. The Morgan fingerprint density at radius 3 is 1.22 bits per heavy atom. The molecule has 0 atom stereocenters. The van der Waals surface area contributed by atoms with Gasteiger partial charge in [-0.15, -0.1) is 0 Å². The number of carboxylic acid groups (broad SMARTS) is 2. The first-order chi connectivity index (χ1) is 24.3. The van der Waals surface area contributed by atoms with Crippen LogP contribution in [0, 0.1) is 0 Å². The lowest BCUT2D eigenvalue weighted by molar-refractivity contribution is -0.150. The minimum atomic E-state index is -0.707. The van der Waals surface area contributed by atoms with Crippen LogP contribution in [0.5, 0.6) is 0 Å². The van der Waals surface area contributed by atoms with Gasteiger partial charge in [-0.3, -0.25) is 14.4 Å². The van der Waals surface area contributed by atoms with Crippen LogP contribution in [0.4, 0.5) is 0 Å². The first kappa shape index (κ1) is 47.3. The van der Waals surface area contributed by atoms with Gasteiger partial charge in [-0.2, -0.15) is 0 Å². The third-order valence-corrected chi connectivity index (χ3v) is 8.81. The Balaban J connectivity index is 4.01. The fourth-order valence-corrected chi connectivity index (χ4v) is 5.82. The summed E-state index contributed by atoms with van der Waals surface area (Å²) in [6.07, 6.45) is 45.8. The highest BCUT2D eigenvalue weighted by Crippen LogP contribution is 2.18. The van der Waals surface area contributed by atoms with Crippen LogP contribution in [0.25, 0.3) is 0 Å². The average Bonchev–Trinajstić information content (AvgIpc) is 3.06. The van der Waals surface area contributed by atoms with Crippen molar-refractivity contribution in [3.8, 4) is 0 Å². The summed E-state index contributed by atoms with van der Waals surface area (Å²) in [5.74, 6) is -1.45. The molecular formula is C43H75NO6. The molecule has 0 aromatic carbocycles. The van der Waals surface area contributed by atoms with Crippen molar-refractivity contribution in [2.24, 2.45) is 0 Å². The molecule has 0 saturated heterocycles. The highest BCUT2D eigenvalue weighted by molar-refractivity contribution is 5.69. The van der Waals surface area contributed by atoms with E-state index in [0.29, 0.717) is 6.42 Å². The van der Waals surface area contributed by atoms with Gasteiger partial charge in [-0.25, -0.2) is 0 Å². The van der Waals surface area contributed by atoms with Gasteiger partial charge in [0.25, 0.3) is 0 Å². The number of hydrogen-bond donors (Lipinski definition) is 2. The zero-order valence-corrected chi connectivity index (χ0v) is 32.2. The lowest BCUT2D eigenvalue weighted by atomic mass is 10.0. The molecule has 0 radical (unpaired) electrons. The molecule has 0 aliphatic rings. The second-order valence-electron chi connectivity index (χ2n) is 14.1. The maximum atomic E-state index is 12.5. The number of allylic oxidation sites excluding steroid dienone is 8. The molecule has 0 unspecified atom stereocenters. The molecule has 0 bridgehead atoms. The molecule has 0 amide bonds. The largest absolute Gasteiger partial charge is 0.481 e. The van der Waals surface area contributed by atoms with Crippen molar-refractivity contribution in [3.05, 3.63) is 48.6 Å². The smallest absolute Gasteiger partial charge is 0.306 e. The molecular weight excluding hydrogens is 626 g/mol.